The summed E-state index contributed by atoms with van der Waals surface area (Å²) in [7, 11) is 0. The molecule has 1 aliphatic rings. The molecule has 90 valence electrons. The molecule has 0 aromatic rings. The molecule has 6 heteroatoms. The van der Waals surface area contributed by atoms with Crippen molar-refractivity contribution in [3.8, 4) is 0 Å². The van der Waals surface area contributed by atoms with Crippen LogP contribution in [0.5, 0.6) is 0 Å². The van der Waals surface area contributed by atoms with E-state index in [-0.39, 0.29) is 18.2 Å². The molecule has 0 aromatic carbocycles. The van der Waals surface area contributed by atoms with E-state index in [2.05, 4.69) is 0 Å². The smallest absolute Gasteiger partial charge is 0.408 e. The molecule has 2 N–H and O–H groups in total. The van der Waals surface area contributed by atoms with E-state index in [1.54, 1.807) is 0 Å². The minimum Gasteiger partial charge on any atom is -0.480 e. The molecule has 2 atom stereocenters. The van der Waals surface area contributed by atoms with Gasteiger partial charge in [-0.25, -0.2) is 9.59 Å². The minimum atomic E-state index is -1.21. The standard InChI is InChI=1S/C10H15NO5/c1-6(12)2-3-7-4-8(9(13)14)11(5-7)10(15)16/h7-8H,2-5H2,1H3,(H,13,14)(H,15,16). The van der Waals surface area contributed by atoms with Crippen molar-refractivity contribution in [2.75, 3.05) is 6.54 Å². The van der Waals surface area contributed by atoms with Gasteiger partial charge in [0.05, 0.1) is 0 Å². The number of likely N-dealkylation sites (tertiary alicyclic amines) is 1. The van der Waals surface area contributed by atoms with Crippen LogP contribution in [0.2, 0.25) is 0 Å². The Morgan fingerprint density at radius 1 is 1.31 bits per heavy atom. The van der Waals surface area contributed by atoms with Gasteiger partial charge in [-0.15, -0.1) is 0 Å². The third-order valence-electron chi connectivity index (χ3n) is 2.82. The predicted molar refractivity (Wildman–Crippen MR) is 54.2 cm³/mol. The monoisotopic (exact) mass is 229 g/mol. The first kappa shape index (κ1) is 12.5. The number of amides is 1. The molecule has 0 radical (unpaired) electrons. The van der Waals surface area contributed by atoms with Gasteiger partial charge in [-0.1, -0.05) is 0 Å². The van der Waals surface area contributed by atoms with E-state index in [1.807, 2.05) is 0 Å². The first-order valence-corrected chi connectivity index (χ1v) is 5.13. The zero-order valence-corrected chi connectivity index (χ0v) is 9.05. The topological polar surface area (TPSA) is 94.9 Å². The van der Waals surface area contributed by atoms with Crippen LogP contribution in [0.1, 0.15) is 26.2 Å². The Morgan fingerprint density at radius 3 is 2.31 bits per heavy atom. The van der Waals surface area contributed by atoms with Crippen LogP contribution in [0.3, 0.4) is 0 Å². The summed E-state index contributed by atoms with van der Waals surface area (Å²) in [6.07, 6.45) is 0.0279. The maximum atomic E-state index is 10.8. The van der Waals surface area contributed by atoms with Gasteiger partial charge in [-0.2, -0.15) is 0 Å². The van der Waals surface area contributed by atoms with Gasteiger partial charge < -0.3 is 15.0 Å². The summed E-state index contributed by atoms with van der Waals surface area (Å²) < 4.78 is 0. The normalized spacial score (nSPS) is 24.4. The van der Waals surface area contributed by atoms with Gasteiger partial charge in [-0.3, -0.25) is 4.90 Å². The van der Waals surface area contributed by atoms with Gasteiger partial charge in [0.2, 0.25) is 0 Å². The lowest BCUT2D eigenvalue weighted by Gasteiger charge is -2.16. The summed E-state index contributed by atoms with van der Waals surface area (Å²) >= 11 is 0. The number of hydrogen-bond donors (Lipinski definition) is 2. The lowest BCUT2D eigenvalue weighted by atomic mass is 9.99. The van der Waals surface area contributed by atoms with E-state index in [4.69, 9.17) is 10.2 Å². The number of carbonyl (C=O) groups excluding carboxylic acids is 1. The minimum absolute atomic E-state index is 0.0268. The molecule has 1 aliphatic heterocycles. The van der Waals surface area contributed by atoms with Crippen LogP contribution in [0.15, 0.2) is 0 Å². The molecule has 1 fully saturated rings. The van der Waals surface area contributed by atoms with E-state index in [1.165, 1.54) is 6.92 Å². The number of carbonyl (C=O) groups is 3. The van der Waals surface area contributed by atoms with Gasteiger partial charge in [-0.05, 0) is 25.7 Å². The maximum absolute atomic E-state index is 10.8. The first-order valence-electron chi connectivity index (χ1n) is 5.13. The summed E-state index contributed by atoms with van der Waals surface area (Å²) in [5.41, 5.74) is 0. The Balaban J connectivity index is 2.58. The first-order chi connectivity index (χ1) is 7.41. The lowest BCUT2D eigenvalue weighted by Crippen LogP contribution is -2.39. The van der Waals surface area contributed by atoms with E-state index < -0.39 is 18.1 Å². The quantitative estimate of drug-likeness (QED) is 0.743. The third kappa shape index (κ3) is 2.95. The summed E-state index contributed by atoms with van der Waals surface area (Å²) in [4.78, 5) is 33.3. The molecule has 0 bridgehead atoms. The summed E-state index contributed by atoms with van der Waals surface area (Å²) in [6, 6.07) is -0.963. The van der Waals surface area contributed by atoms with Crippen LogP contribution >= 0.6 is 0 Å². The van der Waals surface area contributed by atoms with Crippen molar-refractivity contribution >= 4 is 17.8 Å². The number of aliphatic carboxylic acids is 1. The van der Waals surface area contributed by atoms with Gasteiger partial charge >= 0.3 is 12.1 Å². The molecule has 2 unspecified atom stereocenters. The zero-order valence-electron chi connectivity index (χ0n) is 9.05. The van der Waals surface area contributed by atoms with E-state index in [0.29, 0.717) is 19.3 Å². The zero-order chi connectivity index (χ0) is 12.3. The van der Waals surface area contributed by atoms with Crippen molar-refractivity contribution in [2.45, 2.75) is 32.2 Å². The largest absolute Gasteiger partial charge is 0.480 e. The van der Waals surface area contributed by atoms with Gasteiger partial charge in [0.25, 0.3) is 0 Å². The molecule has 0 aromatic heterocycles. The highest BCUT2D eigenvalue weighted by molar-refractivity contribution is 5.80. The highest BCUT2D eigenvalue weighted by Crippen LogP contribution is 2.27. The third-order valence-corrected chi connectivity index (χ3v) is 2.82. The number of nitrogens with zero attached hydrogens (tertiary/aromatic N) is 1. The second-order valence-electron chi connectivity index (χ2n) is 4.13. The van der Waals surface area contributed by atoms with Gasteiger partial charge in [0.15, 0.2) is 0 Å². The van der Waals surface area contributed by atoms with Crippen molar-refractivity contribution in [3.05, 3.63) is 0 Å². The fourth-order valence-corrected chi connectivity index (χ4v) is 1.98. The number of carboxylic acids is 1. The number of rotatable bonds is 4. The average molecular weight is 229 g/mol. The summed E-state index contributed by atoms with van der Waals surface area (Å²) in [5.74, 6) is -1.10. The molecule has 1 rings (SSSR count). The fraction of sp³-hybridized carbons (Fsp3) is 0.700. The Kier molecular flexibility index (Phi) is 3.87. The molecule has 1 saturated heterocycles. The Hall–Kier alpha value is -1.59. The molecule has 1 amide bonds. The Bertz CT molecular complexity index is 292. The van der Waals surface area contributed by atoms with E-state index in [0.717, 1.165) is 4.90 Å². The number of ketones is 1. The highest BCUT2D eigenvalue weighted by Gasteiger charge is 2.39. The number of Topliss-reactive ketones (excluding diaryl/α,β-unsaturated/α-hetero) is 1. The fourth-order valence-electron chi connectivity index (χ4n) is 1.98. The van der Waals surface area contributed by atoms with Gasteiger partial charge in [0.1, 0.15) is 11.8 Å². The van der Waals surface area contributed by atoms with Crippen molar-refractivity contribution in [1.82, 2.24) is 4.90 Å². The molecular formula is C10H15NO5. The summed E-state index contributed by atoms with van der Waals surface area (Å²) in [6.45, 7) is 1.68. The molecule has 0 aliphatic carbocycles. The van der Waals surface area contributed by atoms with Gasteiger partial charge in [0, 0.05) is 13.0 Å². The second-order valence-corrected chi connectivity index (χ2v) is 4.13. The Labute approximate surface area is 92.9 Å². The molecule has 0 saturated carbocycles. The van der Waals surface area contributed by atoms with Crippen molar-refractivity contribution in [3.63, 3.8) is 0 Å². The molecule has 16 heavy (non-hydrogen) atoms. The highest BCUT2D eigenvalue weighted by atomic mass is 16.4. The van der Waals surface area contributed by atoms with Crippen LogP contribution in [-0.2, 0) is 9.59 Å². The molecule has 1 heterocycles. The van der Waals surface area contributed by atoms with Crippen molar-refractivity contribution in [1.29, 1.82) is 0 Å². The van der Waals surface area contributed by atoms with Crippen LogP contribution in [0.25, 0.3) is 0 Å². The number of carboxylic acid groups (broad SMARTS) is 2. The SMILES string of the molecule is CC(=O)CCC1CC(C(=O)O)N(C(=O)O)C1. The maximum Gasteiger partial charge on any atom is 0.408 e. The van der Waals surface area contributed by atoms with E-state index in [9.17, 15) is 14.4 Å². The second kappa shape index (κ2) is 4.96. The summed E-state index contributed by atoms with van der Waals surface area (Å²) in [5, 5.41) is 17.7. The van der Waals surface area contributed by atoms with Crippen molar-refractivity contribution < 1.29 is 24.6 Å². The van der Waals surface area contributed by atoms with Crippen LogP contribution in [-0.4, -0.2) is 45.5 Å². The predicted octanol–water partition coefficient (Wildman–Crippen LogP) is 0.809. The van der Waals surface area contributed by atoms with Crippen LogP contribution in [0, 0.1) is 5.92 Å². The molecule has 0 spiro atoms. The molecular weight excluding hydrogens is 214 g/mol. The lowest BCUT2D eigenvalue weighted by molar-refractivity contribution is -0.141. The average Bonchev–Trinajstić information content (AvgIpc) is 2.58. The van der Waals surface area contributed by atoms with Crippen LogP contribution < -0.4 is 0 Å². The van der Waals surface area contributed by atoms with Crippen LogP contribution in [0.4, 0.5) is 4.79 Å². The number of hydrogen-bond acceptors (Lipinski definition) is 3. The molecule has 6 nitrogen and oxygen atoms in total. The van der Waals surface area contributed by atoms with E-state index >= 15 is 0 Å². The van der Waals surface area contributed by atoms with Crippen molar-refractivity contribution in [2.24, 2.45) is 5.92 Å². The Morgan fingerprint density at radius 2 is 1.94 bits per heavy atom.